The minimum absolute atomic E-state index is 0.0502. The number of nitrogens with one attached hydrogen (secondary N) is 1. The zero-order valence-corrected chi connectivity index (χ0v) is 20.3. The Balaban J connectivity index is 1.76. The van der Waals surface area contributed by atoms with Gasteiger partial charge in [-0.2, -0.15) is 0 Å². The van der Waals surface area contributed by atoms with Gasteiger partial charge in [0.1, 0.15) is 15.8 Å². The first kappa shape index (κ1) is 22.9. The third-order valence-electron chi connectivity index (χ3n) is 5.58. The molecule has 0 saturated carbocycles. The summed E-state index contributed by atoms with van der Waals surface area (Å²) in [5.74, 6) is 0.0201. The van der Waals surface area contributed by atoms with Crippen molar-refractivity contribution in [1.82, 2.24) is 14.3 Å². The van der Waals surface area contributed by atoms with Crippen molar-refractivity contribution in [2.24, 2.45) is 0 Å². The second kappa shape index (κ2) is 8.95. The molecule has 1 unspecified atom stereocenters. The number of pyridine rings is 1. The van der Waals surface area contributed by atoms with E-state index in [0.717, 1.165) is 30.2 Å². The Morgan fingerprint density at radius 2 is 2.16 bits per heavy atom. The van der Waals surface area contributed by atoms with Crippen LogP contribution in [0, 0.1) is 6.92 Å². The van der Waals surface area contributed by atoms with Gasteiger partial charge in [-0.15, -0.1) is 0 Å². The van der Waals surface area contributed by atoms with E-state index in [1.165, 1.54) is 15.4 Å². The zero-order valence-electron chi connectivity index (χ0n) is 17.8. The number of rotatable bonds is 6. The Labute approximate surface area is 196 Å². The predicted octanol–water partition coefficient (Wildman–Crippen LogP) is 2.60. The van der Waals surface area contributed by atoms with Crippen LogP contribution in [0.25, 0.3) is 11.7 Å². The summed E-state index contributed by atoms with van der Waals surface area (Å²) in [6, 6.07) is 3.20. The molecule has 2 aromatic rings. The first-order chi connectivity index (χ1) is 15.2. The number of anilines is 1. The molecule has 11 heteroatoms. The number of carbonyl (C=O) groups excluding carboxylic acids is 1. The van der Waals surface area contributed by atoms with E-state index in [0.29, 0.717) is 33.7 Å². The number of thiocarbonyl (C=S) groups is 1. The van der Waals surface area contributed by atoms with E-state index in [1.807, 2.05) is 13.0 Å². The number of aryl methyl sites for hydroxylation is 1. The summed E-state index contributed by atoms with van der Waals surface area (Å²) in [5.41, 5.74) is 1.41. The van der Waals surface area contributed by atoms with Crippen molar-refractivity contribution < 1.29 is 13.2 Å². The number of thioether (sulfide) groups is 1. The Hall–Kier alpha value is -2.24. The maximum atomic E-state index is 13.3. The molecule has 4 rings (SSSR count). The summed E-state index contributed by atoms with van der Waals surface area (Å²) < 4.78 is 25.6. The molecule has 1 N–H and O–H groups in total. The van der Waals surface area contributed by atoms with Gasteiger partial charge in [-0.25, -0.2) is 13.4 Å². The van der Waals surface area contributed by atoms with Gasteiger partial charge in [0.15, 0.2) is 9.84 Å². The van der Waals surface area contributed by atoms with Crippen molar-refractivity contribution in [1.29, 1.82) is 0 Å². The predicted molar refractivity (Wildman–Crippen MR) is 132 cm³/mol. The Bertz CT molecular complexity index is 1300. The monoisotopic (exact) mass is 492 g/mol. The fourth-order valence-corrected chi connectivity index (χ4v) is 6.95. The van der Waals surface area contributed by atoms with E-state index in [4.69, 9.17) is 12.2 Å². The molecule has 0 aromatic carbocycles. The fourth-order valence-electron chi connectivity index (χ4n) is 3.86. The molecule has 170 valence electrons. The van der Waals surface area contributed by atoms with E-state index < -0.39 is 15.9 Å². The van der Waals surface area contributed by atoms with Crippen molar-refractivity contribution in [2.45, 2.75) is 39.2 Å². The molecule has 2 fully saturated rings. The molecule has 2 saturated heterocycles. The number of carbonyl (C=O) groups is 1. The minimum Gasteiger partial charge on any atom is -0.369 e. The molecule has 2 aliphatic rings. The van der Waals surface area contributed by atoms with Crippen LogP contribution in [-0.4, -0.2) is 57.0 Å². The third-order valence-corrected chi connectivity index (χ3v) is 8.66. The molecular formula is C21H24N4O4S3. The topological polar surface area (TPSA) is 101 Å². The van der Waals surface area contributed by atoms with Crippen LogP contribution in [0.4, 0.5) is 5.82 Å². The van der Waals surface area contributed by atoms with Crippen LogP contribution >= 0.6 is 24.0 Å². The Morgan fingerprint density at radius 3 is 2.84 bits per heavy atom. The van der Waals surface area contributed by atoms with Crippen molar-refractivity contribution in [3.05, 3.63) is 44.7 Å². The number of hydrogen-bond donors (Lipinski definition) is 1. The molecule has 1 atom stereocenters. The number of fused-ring (bicyclic) bond motifs is 1. The SMILES string of the molecule is CCCCNc1nc2c(C)cccn2c(=O)c1/C=C1/SC(=S)N(C2CCS(=O)(=O)C2)C1=O. The normalized spacial score (nSPS) is 21.8. The molecule has 0 bridgehead atoms. The van der Waals surface area contributed by atoms with Gasteiger partial charge in [-0.1, -0.05) is 43.4 Å². The molecule has 0 spiro atoms. The van der Waals surface area contributed by atoms with Crippen LogP contribution in [0.2, 0.25) is 0 Å². The van der Waals surface area contributed by atoms with Crippen LogP contribution in [0.5, 0.6) is 0 Å². The van der Waals surface area contributed by atoms with Crippen LogP contribution in [0.1, 0.15) is 37.3 Å². The zero-order chi connectivity index (χ0) is 23.0. The summed E-state index contributed by atoms with van der Waals surface area (Å²) >= 11 is 6.47. The lowest BCUT2D eigenvalue weighted by atomic mass is 10.2. The maximum absolute atomic E-state index is 13.3. The summed E-state index contributed by atoms with van der Waals surface area (Å²) in [6.07, 6.45) is 5.44. The van der Waals surface area contributed by atoms with E-state index >= 15 is 0 Å². The molecule has 0 aliphatic carbocycles. The molecule has 2 aromatic heterocycles. The first-order valence-corrected chi connectivity index (χ1v) is 13.5. The Kier molecular flexibility index (Phi) is 6.42. The highest BCUT2D eigenvalue weighted by molar-refractivity contribution is 8.26. The van der Waals surface area contributed by atoms with Crippen LogP contribution in [-0.2, 0) is 14.6 Å². The van der Waals surface area contributed by atoms with E-state index in [9.17, 15) is 18.0 Å². The highest BCUT2D eigenvalue weighted by atomic mass is 32.2. The van der Waals surface area contributed by atoms with Crippen LogP contribution < -0.4 is 10.9 Å². The van der Waals surface area contributed by atoms with Gasteiger partial charge >= 0.3 is 0 Å². The van der Waals surface area contributed by atoms with Gasteiger partial charge in [-0.3, -0.25) is 18.9 Å². The van der Waals surface area contributed by atoms with Gasteiger partial charge in [0.2, 0.25) is 0 Å². The number of sulfone groups is 1. The van der Waals surface area contributed by atoms with Crippen molar-refractivity contribution in [2.75, 3.05) is 23.4 Å². The van der Waals surface area contributed by atoms with Gasteiger partial charge < -0.3 is 5.32 Å². The number of hydrogen-bond acceptors (Lipinski definition) is 8. The standard InChI is InChI=1S/C21H24N4O4S3/c1-3-4-8-22-17-15(19(26)24-9-5-6-13(2)18(24)23-17)11-16-20(27)25(21(30)31-16)14-7-10-32(28,29)12-14/h5-6,9,11,14,22H,3-4,7-8,10,12H2,1-2H3/b16-11+. The largest absolute Gasteiger partial charge is 0.369 e. The third kappa shape index (κ3) is 4.33. The molecule has 8 nitrogen and oxygen atoms in total. The number of amides is 1. The second-order valence-electron chi connectivity index (χ2n) is 7.95. The first-order valence-electron chi connectivity index (χ1n) is 10.4. The summed E-state index contributed by atoms with van der Waals surface area (Å²) in [6.45, 7) is 4.61. The number of unbranched alkanes of at least 4 members (excludes halogenated alkanes) is 1. The van der Waals surface area contributed by atoms with E-state index in [1.54, 1.807) is 12.3 Å². The Morgan fingerprint density at radius 1 is 1.38 bits per heavy atom. The van der Waals surface area contributed by atoms with Crippen molar-refractivity contribution in [3.8, 4) is 0 Å². The minimum atomic E-state index is -3.17. The van der Waals surface area contributed by atoms with Gasteiger partial charge in [0.25, 0.3) is 11.5 Å². The molecule has 32 heavy (non-hydrogen) atoms. The average Bonchev–Trinajstić information content (AvgIpc) is 3.23. The number of nitrogens with zero attached hydrogens (tertiary/aromatic N) is 3. The maximum Gasteiger partial charge on any atom is 0.267 e. The van der Waals surface area contributed by atoms with Gasteiger partial charge in [0, 0.05) is 12.7 Å². The van der Waals surface area contributed by atoms with Crippen molar-refractivity contribution in [3.63, 3.8) is 0 Å². The fraction of sp³-hybridized carbons (Fsp3) is 0.429. The van der Waals surface area contributed by atoms with Gasteiger partial charge in [-0.05, 0) is 37.5 Å². The smallest absolute Gasteiger partial charge is 0.267 e. The molecule has 1 amide bonds. The lowest BCUT2D eigenvalue weighted by molar-refractivity contribution is -0.123. The van der Waals surface area contributed by atoms with Crippen LogP contribution in [0.15, 0.2) is 28.0 Å². The lowest BCUT2D eigenvalue weighted by Gasteiger charge is -2.20. The summed E-state index contributed by atoms with van der Waals surface area (Å²) in [7, 11) is -3.17. The lowest BCUT2D eigenvalue weighted by Crippen LogP contribution is -2.39. The van der Waals surface area contributed by atoms with Crippen LogP contribution in [0.3, 0.4) is 0 Å². The summed E-state index contributed by atoms with van der Waals surface area (Å²) in [5, 5.41) is 3.24. The molecule has 0 radical (unpaired) electrons. The number of aromatic nitrogens is 2. The highest BCUT2D eigenvalue weighted by Gasteiger charge is 2.42. The van der Waals surface area contributed by atoms with Crippen molar-refractivity contribution >= 4 is 61.6 Å². The quantitative estimate of drug-likeness (QED) is 0.373. The van der Waals surface area contributed by atoms with E-state index in [2.05, 4.69) is 17.2 Å². The molecular weight excluding hydrogens is 468 g/mol. The highest BCUT2D eigenvalue weighted by Crippen LogP contribution is 2.36. The molecule has 2 aliphatic heterocycles. The molecule has 4 heterocycles. The van der Waals surface area contributed by atoms with E-state index in [-0.39, 0.29) is 28.5 Å². The summed E-state index contributed by atoms with van der Waals surface area (Å²) in [4.78, 5) is 32.8. The second-order valence-corrected chi connectivity index (χ2v) is 11.9. The van der Waals surface area contributed by atoms with Gasteiger partial charge in [0.05, 0.1) is 28.0 Å². The average molecular weight is 493 g/mol.